The molecule has 3 aromatic rings. The summed E-state index contributed by atoms with van der Waals surface area (Å²) in [6, 6.07) is 18.2. The lowest BCUT2D eigenvalue weighted by molar-refractivity contribution is 1.10. The Kier molecular flexibility index (Phi) is 5.11. The van der Waals surface area contributed by atoms with Gasteiger partial charge in [0.05, 0.1) is 5.69 Å². The van der Waals surface area contributed by atoms with E-state index >= 15 is 0 Å². The summed E-state index contributed by atoms with van der Waals surface area (Å²) in [5.41, 5.74) is 4.15. The highest BCUT2D eigenvalue weighted by Gasteiger charge is 2.05. The van der Waals surface area contributed by atoms with Crippen molar-refractivity contribution in [2.45, 2.75) is 20.3 Å². The first-order chi connectivity index (χ1) is 11.6. The molecule has 3 rings (SSSR count). The van der Waals surface area contributed by atoms with Gasteiger partial charge in [0.1, 0.15) is 5.82 Å². The van der Waals surface area contributed by atoms with Gasteiger partial charge in [-0.15, -0.1) is 0 Å². The number of rotatable bonds is 5. The molecule has 0 bridgehead atoms. The van der Waals surface area contributed by atoms with Crippen molar-refractivity contribution >= 4 is 39.1 Å². The number of hydrogen-bond donors (Lipinski definition) is 2. The van der Waals surface area contributed by atoms with Crippen LogP contribution in [0.15, 0.2) is 59.1 Å². The maximum absolute atomic E-state index is 4.55. The second-order valence-corrected chi connectivity index (χ2v) is 6.35. The molecule has 122 valence electrons. The van der Waals surface area contributed by atoms with Gasteiger partial charge in [0.25, 0.3) is 0 Å². The zero-order valence-corrected chi connectivity index (χ0v) is 15.3. The summed E-state index contributed by atoms with van der Waals surface area (Å²) < 4.78 is 0.972. The lowest BCUT2D eigenvalue weighted by Crippen LogP contribution is -2.02. The van der Waals surface area contributed by atoms with Crippen LogP contribution in [-0.2, 0) is 6.42 Å². The number of hydrogen-bond acceptors (Lipinski definition) is 4. The van der Waals surface area contributed by atoms with E-state index in [1.807, 2.05) is 37.3 Å². The van der Waals surface area contributed by atoms with Crippen molar-refractivity contribution in [3.63, 3.8) is 0 Å². The topological polar surface area (TPSA) is 49.8 Å². The van der Waals surface area contributed by atoms with Gasteiger partial charge in [0, 0.05) is 21.9 Å². The zero-order valence-electron chi connectivity index (χ0n) is 13.7. The van der Waals surface area contributed by atoms with Gasteiger partial charge in [-0.1, -0.05) is 31.2 Å². The molecule has 0 amide bonds. The fourth-order valence-corrected chi connectivity index (χ4v) is 2.73. The first kappa shape index (κ1) is 16.5. The Hall–Kier alpha value is -2.40. The lowest BCUT2D eigenvalue weighted by Gasteiger charge is -2.11. The molecule has 0 aliphatic carbocycles. The molecule has 0 aliphatic heterocycles. The Balaban J connectivity index is 1.81. The van der Waals surface area contributed by atoms with Crippen LogP contribution in [0, 0.1) is 6.92 Å². The average molecular weight is 383 g/mol. The van der Waals surface area contributed by atoms with Crippen LogP contribution in [0.2, 0.25) is 0 Å². The number of nitrogens with zero attached hydrogens (tertiary/aromatic N) is 2. The van der Waals surface area contributed by atoms with Crippen LogP contribution >= 0.6 is 15.9 Å². The van der Waals surface area contributed by atoms with Gasteiger partial charge in [0.15, 0.2) is 0 Å². The second-order valence-electron chi connectivity index (χ2n) is 5.50. The second kappa shape index (κ2) is 7.45. The summed E-state index contributed by atoms with van der Waals surface area (Å²) in [6.45, 7) is 4.11. The van der Waals surface area contributed by atoms with Gasteiger partial charge >= 0.3 is 0 Å². The first-order valence-electron chi connectivity index (χ1n) is 7.87. The highest BCUT2D eigenvalue weighted by molar-refractivity contribution is 9.10. The van der Waals surface area contributed by atoms with E-state index in [9.17, 15) is 0 Å². The van der Waals surface area contributed by atoms with Crippen molar-refractivity contribution in [3.8, 4) is 0 Å². The quantitative estimate of drug-likeness (QED) is 0.602. The van der Waals surface area contributed by atoms with Crippen molar-refractivity contribution < 1.29 is 0 Å². The number of aromatic nitrogens is 2. The van der Waals surface area contributed by atoms with E-state index in [0.717, 1.165) is 33.8 Å². The summed E-state index contributed by atoms with van der Waals surface area (Å²) in [5.74, 6) is 1.33. The van der Waals surface area contributed by atoms with Crippen LogP contribution in [-0.4, -0.2) is 9.97 Å². The molecule has 1 aromatic heterocycles. The molecule has 0 radical (unpaired) electrons. The van der Waals surface area contributed by atoms with Gasteiger partial charge < -0.3 is 10.6 Å². The smallest absolute Gasteiger partial charge is 0.229 e. The maximum atomic E-state index is 4.55. The summed E-state index contributed by atoms with van der Waals surface area (Å²) in [4.78, 5) is 9.01. The molecule has 2 aromatic carbocycles. The molecule has 0 saturated heterocycles. The molecule has 2 N–H and O–H groups in total. The molecular weight excluding hydrogens is 364 g/mol. The van der Waals surface area contributed by atoms with Gasteiger partial charge in [-0.2, -0.15) is 4.98 Å². The molecule has 0 atom stereocenters. The van der Waals surface area contributed by atoms with Crippen LogP contribution in [0.1, 0.15) is 18.2 Å². The number of halogens is 1. The number of para-hydroxylation sites is 1. The van der Waals surface area contributed by atoms with Gasteiger partial charge in [0.2, 0.25) is 5.95 Å². The van der Waals surface area contributed by atoms with Crippen LogP contribution in [0.4, 0.5) is 23.1 Å². The van der Waals surface area contributed by atoms with Crippen LogP contribution in [0.5, 0.6) is 0 Å². The molecule has 0 aliphatic rings. The molecule has 1 heterocycles. The minimum absolute atomic E-state index is 0.564. The average Bonchev–Trinajstić information content (AvgIpc) is 2.57. The third-order valence-corrected chi connectivity index (χ3v) is 4.30. The third-order valence-electron chi connectivity index (χ3n) is 3.61. The molecule has 0 saturated carbocycles. The molecule has 0 unspecified atom stereocenters. The van der Waals surface area contributed by atoms with Crippen LogP contribution in [0.3, 0.4) is 0 Å². The van der Waals surface area contributed by atoms with E-state index in [-0.39, 0.29) is 0 Å². The predicted octanol–water partition coefficient (Wildman–Crippen LogP) is 5.60. The predicted molar refractivity (Wildman–Crippen MR) is 103 cm³/mol. The van der Waals surface area contributed by atoms with Crippen LogP contribution in [0.25, 0.3) is 0 Å². The molecule has 24 heavy (non-hydrogen) atoms. The Morgan fingerprint density at radius 3 is 2.42 bits per heavy atom. The van der Waals surface area contributed by atoms with E-state index < -0.39 is 0 Å². The van der Waals surface area contributed by atoms with Crippen molar-refractivity contribution in [2.24, 2.45) is 0 Å². The largest absolute Gasteiger partial charge is 0.340 e. The lowest BCUT2D eigenvalue weighted by atomic mass is 10.1. The Bertz CT molecular complexity index is 831. The molecule has 4 nitrogen and oxygen atoms in total. The Labute approximate surface area is 150 Å². The van der Waals surface area contributed by atoms with Crippen molar-refractivity contribution in [3.05, 3.63) is 70.3 Å². The zero-order chi connectivity index (χ0) is 16.9. The fourth-order valence-electron chi connectivity index (χ4n) is 2.34. The highest BCUT2D eigenvalue weighted by atomic mass is 79.9. The van der Waals surface area contributed by atoms with E-state index in [2.05, 4.69) is 67.7 Å². The summed E-state index contributed by atoms with van der Waals surface area (Å²) in [5, 5.41) is 6.58. The van der Waals surface area contributed by atoms with E-state index in [1.165, 1.54) is 5.56 Å². The number of aryl methyl sites for hydroxylation is 2. The SMILES string of the molecule is CCc1ccc(Nc2cc(C)nc(Nc3ccccc3Br)n2)cc1. The normalized spacial score (nSPS) is 10.5. The van der Waals surface area contributed by atoms with Crippen molar-refractivity contribution in [1.29, 1.82) is 0 Å². The van der Waals surface area contributed by atoms with Crippen LogP contribution < -0.4 is 10.6 Å². The Morgan fingerprint density at radius 2 is 1.71 bits per heavy atom. The maximum Gasteiger partial charge on any atom is 0.229 e. The molecule has 5 heteroatoms. The van der Waals surface area contributed by atoms with Gasteiger partial charge in [-0.25, -0.2) is 4.98 Å². The number of anilines is 4. The minimum atomic E-state index is 0.564. The summed E-state index contributed by atoms with van der Waals surface area (Å²) in [7, 11) is 0. The fraction of sp³-hybridized carbons (Fsp3) is 0.158. The first-order valence-corrected chi connectivity index (χ1v) is 8.66. The van der Waals surface area contributed by atoms with Gasteiger partial charge in [-0.05, 0) is 59.1 Å². The minimum Gasteiger partial charge on any atom is -0.340 e. The molecule has 0 fully saturated rings. The third kappa shape index (κ3) is 4.11. The Morgan fingerprint density at radius 1 is 0.958 bits per heavy atom. The van der Waals surface area contributed by atoms with Crippen molar-refractivity contribution in [2.75, 3.05) is 10.6 Å². The molecular formula is C19H19BrN4. The van der Waals surface area contributed by atoms with E-state index in [4.69, 9.17) is 0 Å². The van der Waals surface area contributed by atoms with Crippen molar-refractivity contribution in [1.82, 2.24) is 9.97 Å². The number of benzene rings is 2. The monoisotopic (exact) mass is 382 g/mol. The summed E-state index contributed by atoms with van der Waals surface area (Å²) >= 11 is 3.52. The number of nitrogens with one attached hydrogen (secondary N) is 2. The standard InChI is InChI=1S/C19H19BrN4/c1-3-14-8-10-15(11-9-14)22-18-12-13(2)21-19(24-18)23-17-7-5-4-6-16(17)20/h4-12H,3H2,1-2H3,(H2,21,22,23,24). The molecule has 0 spiro atoms. The van der Waals surface area contributed by atoms with E-state index in [0.29, 0.717) is 5.95 Å². The summed E-state index contributed by atoms with van der Waals surface area (Å²) in [6.07, 6.45) is 1.03. The highest BCUT2D eigenvalue weighted by Crippen LogP contribution is 2.25. The van der Waals surface area contributed by atoms with E-state index in [1.54, 1.807) is 0 Å². The van der Waals surface area contributed by atoms with Gasteiger partial charge in [-0.3, -0.25) is 0 Å².